The third-order valence-electron chi connectivity index (χ3n) is 10.9. The standard InChI is InChI=1S/C40H52O8/c1-17(2)15-20-23-29(47-33-24(20)31(43)37(7,8)35(45)39(33,11)12)25(21(41)16-18(3)4)28(42)26-22(19(5)6)27-32(44)38(9,10)36(46)40(13,14)34(27)48-30(23)26/h17-20,22,42H,15-16H2,1-14H3. The van der Waals surface area contributed by atoms with E-state index in [2.05, 4.69) is 0 Å². The lowest BCUT2D eigenvalue weighted by Crippen LogP contribution is -2.52. The maximum atomic E-state index is 14.4. The highest BCUT2D eigenvalue weighted by atomic mass is 16.5. The molecule has 4 aliphatic rings. The molecule has 260 valence electrons. The molecular formula is C40H52O8. The van der Waals surface area contributed by atoms with Crippen LogP contribution in [0.2, 0.25) is 0 Å². The molecule has 0 saturated carbocycles. The van der Waals surface area contributed by atoms with Gasteiger partial charge in [-0.3, -0.25) is 24.0 Å². The summed E-state index contributed by atoms with van der Waals surface area (Å²) in [7, 11) is 0. The Bertz CT molecular complexity index is 1750. The molecule has 0 bridgehead atoms. The second kappa shape index (κ2) is 11.0. The van der Waals surface area contributed by atoms with Crippen LogP contribution in [0, 0.1) is 39.4 Å². The highest BCUT2D eigenvalue weighted by molar-refractivity contribution is 6.21. The van der Waals surface area contributed by atoms with E-state index in [1.165, 1.54) is 0 Å². The number of phenolic OH excluding ortho intramolecular Hbond substituents is 1. The third kappa shape index (κ3) is 4.71. The van der Waals surface area contributed by atoms with Gasteiger partial charge in [0.1, 0.15) is 34.3 Å². The predicted molar refractivity (Wildman–Crippen MR) is 182 cm³/mol. The van der Waals surface area contributed by atoms with Gasteiger partial charge in [0, 0.05) is 40.5 Å². The molecule has 2 atom stereocenters. The smallest absolute Gasteiger partial charge is 0.175 e. The number of ether oxygens (including phenoxy) is 2. The summed E-state index contributed by atoms with van der Waals surface area (Å²) in [6, 6.07) is 0. The van der Waals surface area contributed by atoms with E-state index in [4.69, 9.17) is 9.47 Å². The zero-order valence-corrected chi connectivity index (χ0v) is 31.1. The van der Waals surface area contributed by atoms with Crippen LogP contribution >= 0.6 is 0 Å². The molecule has 2 aliphatic carbocycles. The van der Waals surface area contributed by atoms with Gasteiger partial charge in [-0.2, -0.15) is 0 Å². The first kappa shape index (κ1) is 35.7. The summed E-state index contributed by atoms with van der Waals surface area (Å²) in [5.74, 6) is -2.92. The van der Waals surface area contributed by atoms with Crippen molar-refractivity contribution < 1.29 is 38.6 Å². The number of phenols is 1. The van der Waals surface area contributed by atoms with E-state index in [9.17, 15) is 29.1 Å². The Labute approximate surface area is 284 Å². The van der Waals surface area contributed by atoms with E-state index in [1.807, 2.05) is 41.5 Å². The van der Waals surface area contributed by atoms with E-state index >= 15 is 0 Å². The maximum Gasteiger partial charge on any atom is 0.175 e. The van der Waals surface area contributed by atoms with Crippen LogP contribution in [0.4, 0.5) is 0 Å². The zero-order chi connectivity index (χ0) is 36.4. The number of fused-ring (bicyclic) bond motifs is 3. The summed E-state index contributed by atoms with van der Waals surface area (Å²) < 4.78 is 13.5. The van der Waals surface area contributed by atoms with Gasteiger partial charge in [0.05, 0.1) is 21.7 Å². The van der Waals surface area contributed by atoms with E-state index < -0.39 is 33.5 Å². The van der Waals surface area contributed by atoms with Gasteiger partial charge in [0.15, 0.2) is 28.9 Å². The van der Waals surface area contributed by atoms with E-state index in [-0.39, 0.29) is 87.4 Å². The molecule has 0 fully saturated rings. The van der Waals surface area contributed by atoms with Crippen molar-refractivity contribution in [3.8, 4) is 17.2 Å². The van der Waals surface area contributed by atoms with Crippen LogP contribution in [0.1, 0.15) is 143 Å². The van der Waals surface area contributed by atoms with Gasteiger partial charge < -0.3 is 14.6 Å². The molecule has 8 nitrogen and oxygen atoms in total. The average Bonchev–Trinajstić information content (AvgIpc) is 2.96. The molecule has 0 spiro atoms. The summed E-state index contributed by atoms with van der Waals surface area (Å²) in [5.41, 5.74) is -3.69. The SMILES string of the molecule is CC(C)CC(=O)c1c(O)c2c(c3c1OC1=C(C(=O)C(C)(C)C(=O)C1(C)C)C3CC(C)C)OC1=C(C(=O)C(C)(C)C(=O)C1(C)C)C2C(C)C. The summed E-state index contributed by atoms with van der Waals surface area (Å²) in [5, 5.41) is 12.3. The Balaban J connectivity index is 1.98. The first-order valence-corrected chi connectivity index (χ1v) is 17.3. The zero-order valence-electron chi connectivity index (χ0n) is 31.1. The predicted octanol–water partition coefficient (Wildman–Crippen LogP) is 8.19. The molecule has 1 aromatic carbocycles. The number of hydrogen-bond acceptors (Lipinski definition) is 8. The van der Waals surface area contributed by atoms with Crippen molar-refractivity contribution in [3.05, 3.63) is 39.4 Å². The topological polar surface area (TPSA) is 124 Å². The van der Waals surface area contributed by atoms with Crippen LogP contribution in [0.15, 0.2) is 22.7 Å². The molecule has 5 rings (SSSR count). The first-order chi connectivity index (χ1) is 21.8. The minimum absolute atomic E-state index is 0.0329. The largest absolute Gasteiger partial charge is 0.507 e. The number of carbonyl (C=O) groups excluding carboxylic acids is 5. The number of aromatic hydroxyl groups is 1. The van der Waals surface area contributed by atoms with E-state index in [0.717, 1.165) is 0 Å². The second-order valence-electron chi connectivity index (χ2n) is 17.6. The molecular weight excluding hydrogens is 608 g/mol. The Morgan fingerprint density at radius 2 is 1.12 bits per heavy atom. The van der Waals surface area contributed by atoms with Crippen LogP contribution in [0.5, 0.6) is 17.2 Å². The lowest BCUT2D eigenvalue weighted by Gasteiger charge is -2.48. The Kier molecular flexibility index (Phi) is 8.18. The molecule has 2 unspecified atom stereocenters. The monoisotopic (exact) mass is 660 g/mol. The maximum absolute atomic E-state index is 14.4. The summed E-state index contributed by atoms with van der Waals surface area (Å²) in [4.78, 5) is 70.7. The number of Topliss-reactive ketones (excluding diaryl/α,β-unsaturated/α-hetero) is 5. The fourth-order valence-corrected chi connectivity index (χ4v) is 8.64. The molecule has 0 radical (unpaired) electrons. The quantitative estimate of drug-likeness (QED) is 0.239. The number of hydrogen-bond donors (Lipinski definition) is 1. The lowest BCUT2D eigenvalue weighted by atomic mass is 9.58. The van der Waals surface area contributed by atoms with E-state index in [0.29, 0.717) is 28.7 Å². The van der Waals surface area contributed by atoms with Crippen molar-refractivity contribution >= 4 is 28.9 Å². The molecule has 2 heterocycles. The van der Waals surface area contributed by atoms with Crippen molar-refractivity contribution in [3.63, 3.8) is 0 Å². The van der Waals surface area contributed by atoms with Gasteiger partial charge in [-0.15, -0.1) is 0 Å². The first-order valence-electron chi connectivity index (χ1n) is 17.3. The normalized spacial score (nSPS) is 25.1. The lowest BCUT2D eigenvalue weighted by molar-refractivity contribution is -0.146. The molecule has 48 heavy (non-hydrogen) atoms. The van der Waals surface area contributed by atoms with Gasteiger partial charge >= 0.3 is 0 Å². The van der Waals surface area contributed by atoms with Gasteiger partial charge in [-0.05, 0) is 79.6 Å². The number of ketones is 5. The van der Waals surface area contributed by atoms with Crippen molar-refractivity contribution in [2.75, 3.05) is 0 Å². The number of allylic oxidation sites excluding steroid dienone is 4. The average molecular weight is 661 g/mol. The van der Waals surface area contributed by atoms with Crippen LogP contribution in [-0.2, 0) is 19.2 Å². The van der Waals surface area contributed by atoms with Crippen molar-refractivity contribution in [1.29, 1.82) is 0 Å². The highest BCUT2D eigenvalue weighted by Gasteiger charge is 2.61. The van der Waals surface area contributed by atoms with Gasteiger partial charge in [0.2, 0.25) is 0 Å². The molecule has 0 aromatic heterocycles. The minimum Gasteiger partial charge on any atom is -0.507 e. The fraction of sp³-hybridized carbons (Fsp3) is 0.625. The number of benzene rings is 1. The van der Waals surface area contributed by atoms with Crippen LogP contribution < -0.4 is 9.47 Å². The van der Waals surface area contributed by atoms with Crippen LogP contribution in [0.3, 0.4) is 0 Å². The van der Waals surface area contributed by atoms with Gasteiger partial charge in [-0.1, -0.05) is 41.5 Å². The highest BCUT2D eigenvalue weighted by Crippen LogP contribution is 2.64. The second-order valence-corrected chi connectivity index (χ2v) is 17.6. The summed E-state index contributed by atoms with van der Waals surface area (Å²) in [6.07, 6.45) is 0.554. The molecule has 1 aromatic rings. The molecule has 0 amide bonds. The van der Waals surface area contributed by atoms with Gasteiger partial charge in [-0.25, -0.2) is 0 Å². The third-order valence-corrected chi connectivity index (χ3v) is 10.9. The van der Waals surface area contributed by atoms with Crippen LogP contribution in [0.25, 0.3) is 0 Å². The minimum atomic E-state index is -1.34. The summed E-state index contributed by atoms with van der Waals surface area (Å²) in [6.45, 7) is 25.2. The molecule has 2 aliphatic heterocycles. The van der Waals surface area contributed by atoms with Crippen molar-refractivity contribution in [2.24, 2.45) is 39.4 Å². The Morgan fingerprint density at radius 1 is 0.667 bits per heavy atom. The Hall–Kier alpha value is -3.55. The molecule has 1 N–H and O–H groups in total. The van der Waals surface area contributed by atoms with Crippen molar-refractivity contribution in [1.82, 2.24) is 0 Å². The molecule has 8 heteroatoms. The fourth-order valence-electron chi connectivity index (χ4n) is 8.64. The van der Waals surface area contributed by atoms with Crippen molar-refractivity contribution in [2.45, 2.75) is 122 Å². The number of rotatable bonds is 6. The number of carbonyl (C=O) groups is 5. The van der Waals surface area contributed by atoms with Gasteiger partial charge in [0.25, 0.3) is 0 Å². The summed E-state index contributed by atoms with van der Waals surface area (Å²) >= 11 is 0. The van der Waals surface area contributed by atoms with E-state index in [1.54, 1.807) is 55.4 Å². The molecule has 0 saturated heterocycles. The van der Waals surface area contributed by atoms with Crippen LogP contribution in [-0.4, -0.2) is 34.0 Å². The Morgan fingerprint density at radius 3 is 1.58 bits per heavy atom.